The number of aromatic nitrogens is 3. The number of hydrogen-bond donors (Lipinski definition) is 1. The molecule has 2 aromatic rings. The van der Waals surface area contributed by atoms with E-state index in [1.54, 1.807) is 0 Å². The molecule has 0 amide bonds. The molecule has 1 aliphatic carbocycles. The Bertz CT molecular complexity index is 560. The van der Waals surface area contributed by atoms with Crippen molar-refractivity contribution in [2.45, 2.75) is 52.0 Å². The van der Waals surface area contributed by atoms with E-state index < -0.39 is 0 Å². The minimum Gasteiger partial charge on any atom is -0.365 e. The van der Waals surface area contributed by atoms with E-state index in [9.17, 15) is 0 Å². The van der Waals surface area contributed by atoms with Crippen LogP contribution >= 0.6 is 0 Å². The van der Waals surface area contributed by atoms with Gasteiger partial charge < -0.3 is 5.32 Å². The molecule has 102 valence electrons. The lowest BCUT2D eigenvalue weighted by atomic mass is 9.83. The van der Waals surface area contributed by atoms with Gasteiger partial charge in [-0.15, -0.1) is 0 Å². The molecule has 1 N–H and O–H groups in total. The minimum absolute atomic E-state index is 0.563. The summed E-state index contributed by atoms with van der Waals surface area (Å²) in [5.41, 5.74) is 2.12. The van der Waals surface area contributed by atoms with Crippen LogP contribution in [0.25, 0.3) is 5.52 Å². The molecule has 2 atom stereocenters. The van der Waals surface area contributed by atoms with Gasteiger partial charge in [0.1, 0.15) is 5.52 Å². The lowest BCUT2D eigenvalue weighted by Gasteiger charge is -2.32. The summed E-state index contributed by atoms with van der Waals surface area (Å²) < 4.78 is 1.91. The molecule has 4 nitrogen and oxygen atoms in total. The average Bonchev–Trinajstić information content (AvgIpc) is 2.81. The SMILES string of the molecule is CCC1CCCCC1Nc1nccn2nc(C)cc12. The minimum atomic E-state index is 0.563. The third-order valence-corrected chi connectivity index (χ3v) is 4.27. The summed E-state index contributed by atoms with van der Waals surface area (Å²) in [4.78, 5) is 4.51. The lowest BCUT2D eigenvalue weighted by molar-refractivity contribution is 0.317. The summed E-state index contributed by atoms with van der Waals surface area (Å²) in [5, 5.41) is 8.11. The van der Waals surface area contributed by atoms with Gasteiger partial charge >= 0.3 is 0 Å². The van der Waals surface area contributed by atoms with Crippen molar-refractivity contribution >= 4 is 11.3 Å². The number of anilines is 1. The zero-order chi connectivity index (χ0) is 13.2. The first kappa shape index (κ1) is 12.5. The smallest absolute Gasteiger partial charge is 0.152 e. The summed E-state index contributed by atoms with van der Waals surface area (Å²) in [7, 11) is 0. The van der Waals surface area contributed by atoms with Gasteiger partial charge in [-0.1, -0.05) is 26.2 Å². The van der Waals surface area contributed by atoms with Crippen LogP contribution in [0.1, 0.15) is 44.7 Å². The third kappa shape index (κ3) is 2.44. The molecular weight excluding hydrogens is 236 g/mol. The highest BCUT2D eigenvalue weighted by molar-refractivity contribution is 5.68. The maximum atomic E-state index is 4.51. The van der Waals surface area contributed by atoms with Gasteiger partial charge in [-0.25, -0.2) is 9.50 Å². The highest BCUT2D eigenvalue weighted by atomic mass is 15.2. The van der Waals surface area contributed by atoms with Crippen LogP contribution in [0.2, 0.25) is 0 Å². The fraction of sp³-hybridized carbons (Fsp3) is 0.600. The molecule has 0 aliphatic heterocycles. The van der Waals surface area contributed by atoms with Crippen molar-refractivity contribution in [1.82, 2.24) is 14.6 Å². The molecule has 0 aromatic carbocycles. The molecule has 0 saturated heterocycles. The second-order valence-corrected chi connectivity index (χ2v) is 5.59. The maximum absolute atomic E-state index is 4.51. The second-order valence-electron chi connectivity index (χ2n) is 5.59. The highest BCUT2D eigenvalue weighted by Crippen LogP contribution is 2.29. The summed E-state index contributed by atoms with van der Waals surface area (Å²) in [6, 6.07) is 2.66. The van der Waals surface area contributed by atoms with Crippen molar-refractivity contribution in [3.8, 4) is 0 Å². The van der Waals surface area contributed by atoms with Crippen LogP contribution in [-0.4, -0.2) is 20.6 Å². The van der Waals surface area contributed by atoms with Gasteiger partial charge in [-0.3, -0.25) is 0 Å². The molecular formula is C15H22N4. The number of hydrogen-bond acceptors (Lipinski definition) is 3. The molecule has 1 aliphatic rings. The second kappa shape index (κ2) is 5.19. The van der Waals surface area contributed by atoms with Gasteiger partial charge in [0.15, 0.2) is 5.82 Å². The lowest BCUT2D eigenvalue weighted by Crippen LogP contribution is -2.32. The van der Waals surface area contributed by atoms with E-state index in [2.05, 4.69) is 28.4 Å². The predicted molar refractivity (Wildman–Crippen MR) is 77.4 cm³/mol. The molecule has 2 heterocycles. The Hall–Kier alpha value is -1.58. The molecule has 0 bridgehead atoms. The molecule has 19 heavy (non-hydrogen) atoms. The predicted octanol–water partition coefficient (Wildman–Crippen LogP) is 3.42. The van der Waals surface area contributed by atoms with E-state index in [4.69, 9.17) is 0 Å². The normalized spacial score (nSPS) is 23.7. The number of rotatable bonds is 3. The zero-order valence-electron chi connectivity index (χ0n) is 11.8. The van der Waals surface area contributed by atoms with Crippen molar-refractivity contribution < 1.29 is 0 Å². The first-order valence-electron chi connectivity index (χ1n) is 7.35. The highest BCUT2D eigenvalue weighted by Gasteiger charge is 2.24. The standard InChI is InChI=1S/C15H22N4/c1-3-12-6-4-5-7-13(12)17-15-14-10-11(2)18-19(14)9-8-16-15/h8-10,12-13H,3-7H2,1-2H3,(H,16,17). The van der Waals surface area contributed by atoms with Gasteiger partial charge in [0, 0.05) is 18.4 Å². The fourth-order valence-corrected chi connectivity index (χ4v) is 3.22. The number of aryl methyl sites for hydroxylation is 1. The molecule has 1 fully saturated rings. The first-order valence-corrected chi connectivity index (χ1v) is 7.35. The van der Waals surface area contributed by atoms with Gasteiger partial charge in [0.2, 0.25) is 0 Å². The van der Waals surface area contributed by atoms with Crippen LogP contribution in [-0.2, 0) is 0 Å². The van der Waals surface area contributed by atoms with Gasteiger partial charge in [0.25, 0.3) is 0 Å². The molecule has 4 heteroatoms. The van der Waals surface area contributed by atoms with Gasteiger partial charge in [0.05, 0.1) is 5.69 Å². The average molecular weight is 258 g/mol. The van der Waals surface area contributed by atoms with E-state index >= 15 is 0 Å². The molecule has 3 rings (SSSR count). The first-order chi connectivity index (χ1) is 9.28. The quantitative estimate of drug-likeness (QED) is 0.917. The third-order valence-electron chi connectivity index (χ3n) is 4.27. The van der Waals surface area contributed by atoms with Crippen molar-refractivity contribution in [3.63, 3.8) is 0 Å². The molecule has 2 unspecified atom stereocenters. The fourth-order valence-electron chi connectivity index (χ4n) is 3.22. The van der Waals surface area contributed by atoms with Crippen LogP contribution in [0.4, 0.5) is 5.82 Å². The number of fused-ring (bicyclic) bond motifs is 1. The Balaban J connectivity index is 1.87. The van der Waals surface area contributed by atoms with E-state index in [0.717, 1.165) is 22.9 Å². The van der Waals surface area contributed by atoms with Crippen LogP contribution in [0.15, 0.2) is 18.5 Å². The summed E-state index contributed by atoms with van der Waals surface area (Å²) in [6.45, 7) is 4.31. The molecule has 0 spiro atoms. The largest absolute Gasteiger partial charge is 0.365 e. The Morgan fingerprint density at radius 1 is 1.37 bits per heavy atom. The molecule has 1 saturated carbocycles. The summed E-state index contributed by atoms with van der Waals surface area (Å²) in [5.74, 6) is 1.76. The topological polar surface area (TPSA) is 42.2 Å². The van der Waals surface area contributed by atoms with Crippen LogP contribution < -0.4 is 5.32 Å². The number of nitrogens with zero attached hydrogens (tertiary/aromatic N) is 3. The van der Waals surface area contributed by atoms with E-state index in [1.165, 1.54) is 32.1 Å². The Kier molecular flexibility index (Phi) is 3.40. The van der Waals surface area contributed by atoms with E-state index in [-0.39, 0.29) is 0 Å². The van der Waals surface area contributed by atoms with Crippen molar-refractivity contribution in [1.29, 1.82) is 0 Å². The van der Waals surface area contributed by atoms with Crippen molar-refractivity contribution in [3.05, 3.63) is 24.2 Å². The van der Waals surface area contributed by atoms with Gasteiger partial charge in [-0.05, 0) is 31.7 Å². The van der Waals surface area contributed by atoms with E-state index in [1.807, 2.05) is 23.8 Å². The number of nitrogens with one attached hydrogen (secondary N) is 1. The van der Waals surface area contributed by atoms with Crippen LogP contribution in [0.3, 0.4) is 0 Å². The Morgan fingerprint density at radius 2 is 2.21 bits per heavy atom. The zero-order valence-corrected chi connectivity index (χ0v) is 11.8. The monoisotopic (exact) mass is 258 g/mol. The Labute approximate surface area is 114 Å². The molecule has 0 radical (unpaired) electrons. The molecule has 2 aromatic heterocycles. The van der Waals surface area contributed by atoms with Crippen LogP contribution in [0, 0.1) is 12.8 Å². The van der Waals surface area contributed by atoms with E-state index in [0.29, 0.717) is 6.04 Å². The van der Waals surface area contributed by atoms with Crippen molar-refractivity contribution in [2.75, 3.05) is 5.32 Å². The van der Waals surface area contributed by atoms with Crippen LogP contribution in [0.5, 0.6) is 0 Å². The summed E-state index contributed by atoms with van der Waals surface area (Å²) in [6.07, 6.45) is 10.3. The Morgan fingerprint density at radius 3 is 3.05 bits per heavy atom. The summed E-state index contributed by atoms with van der Waals surface area (Å²) >= 11 is 0. The maximum Gasteiger partial charge on any atom is 0.152 e. The van der Waals surface area contributed by atoms with Crippen molar-refractivity contribution in [2.24, 2.45) is 5.92 Å². The van der Waals surface area contributed by atoms with Gasteiger partial charge in [-0.2, -0.15) is 5.10 Å².